The van der Waals surface area contributed by atoms with Crippen molar-refractivity contribution in [1.29, 1.82) is 0 Å². The number of aliphatic carboxylic acids is 1. The molecule has 1 fully saturated rings. The van der Waals surface area contributed by atoms with E-state index in [0.29, 0.717) is 17.4 Å². The molecule has 1 aliphatic carbocycles. The standard InChI is InChI=1S/C10H17NO4/c12-7-11(15)6-9(10(13)14)5-8-3-1-2-4-8/h7-9,15H,1-6H2,(H,13,14)/t9-/m0/s1. The highest BCUT2D eigenvalue weighted by Crippen LogP contribution is 2.30. The second-order valence-electron chi connectivity index (χ2n) is 4.15. The summed E-state index contributed by atoms with van der Waals surface area (Å²) in [5.74, 6) is -1.16. The van der Waals surface area contributed by atoms with E-state index in [-0.39, 0.29) is 13.0 Å². The molecule has 0 bridgehead atoms. The van der Waals surface area contributed by atoms with Gasteiger partial charge in [-0.1, -0.05) is 25.7 Å². The van der Waals surface area contributed by atoms with E-state index in [1.54, 1.807) is 0 Å². The van der Waals surface area contributed by atoms with Crippen molar-refractivity contribution < 1.29 is 19.9 Å². The number of amides is 1. The normalized spacial score (nSPS) is 18.7. The van der Waals surface area contributed by atoms with Crippen LogP contribution in [0, 0.1) is 11.8 Å². The molecule has 86 valence electrons. The van der Waals surface area contributed by atoms with Crippen LogP contribution in [0.5, 0.6) is 0 Å². The number of carboxylic acids is 1. The fraction of sp³-hybridized carbons (Fsp3) is 0.800. The van der Waals surface area contributed by atoms with Crippen LogP contribution in [0.1, 0.15) is 32.1 Å². The first kappa shape index (κ1) is 12.0. The molecule has 2 N–H and O–H groups in total. The zero-order valence-corrected chi connectivity index (χ0v) is 8.63. The van der Waals surface area contributed by atoms with E-state index in [2.05, 4.69) is 0 Å². The zero-order chi connectivity index (χ0) is 11.3. The summed E-state index contributed by atoms with van der Waals surface area (Å²) in [6.45, 7) is -0.116. The number of carbonyl (C=O) groups is 2. The van der Waals surface area contributed by atoms with Gasteiger partial charge in [0.25, 0.3) is 0 Å². The average molecular weight is 215 g/mol. The van der Waals surface area contributed by atoms with E-state index in [4.69, 9.17) is 10.3 Å². The highest BCUT2D eigenvalue weighted by atomic mass is 16.5. The number of hydroxylamine groups is 2. The molecule has 1 saturated carbocycles. The lowest BCUT2D eigenvalue weighted by atomic mass is 9.93. The zero-order valence-electron chi connectivity index (χ0n) is 8.63. The predicted molar refractivity (Wildman–Crippen MR) is 52.3 cm³/mol. The Kier molecular flexibility index (Phi) is 4.55. The van der Waals surface area contributed by atoms with Crippen molar-refractivity contribution in [3.05, 3.63) is 0 Å². The summed E-state index contributed by atoms with van der Waals surface area (Å²) in [4.78, 5) is 21.1. The number of hydrogen-bond acceptors (Lipinski definition) is 3. The van der Waals surface area contributed by atoms with Gasteiger partial charge in [-0.05, 0) is 12.3 Å². The van der Waals surface area contributed by atoms with Crippen LogP contribution in [0.4, 0.5) is 0 Å². The molecule has 1 rings (SSSR count). The van der Waals surface area contributed by atoms with Gasteiger partial charge in [-0.2, -0.15) is 0 Å². The van der Waals surface area contributed by atoms with E-state index in [9.17, 15) is 9.59 Å². The van der Waals surface area contributed by atoms with E-state index in [1.807, 2.05) is 0 Å². The number of hydrogen-bond donors (Lipinski definition) is 2. The van der Waals surface area contributed by atoms with Crippen LogP contribution in [-0.4, -0.2) is 34.3 Å². The summed E-state index contributed by atoms with van der Waals surface area (Å²) < 4.78 is 0. The highest BCUT2D eigenvalue weighted by molar-refractivity contribution is 5.70. The maximum absolute atomic E-state index is 10.9. The second kappa shape index (κ2) is 5.70. The van der Waals surface area contributed by atoms with Crippen LogP contribution >= 0.6 is 0 Å². The summed E-state index contributed by atoms with van der Waals surface area (Å²) in [6.07, 6.45) is 5.25. The van der Waals surface area contributed by atoms with Crippen molar-refractivity contribution in [2.24, 2.45) is 11.8 Å². The van der Waals surface area contributed by atoms with Gasteiger partial charge in [-0.15, -0.1) is 0 Å². The summed E-state index contributed by atoms with van der Waals surface area (Å²) in [5, 5.41) is 18.3. The van der Waals surface area contributed by atoms with Crippen LogP contribution < -0.4 is 0 Å². The van der Waals surface area contributed by atoms with Gasteiger partial charge in [0.1, 0.15) is 0 Å². The molecule has 15 heavy (non-hydrogen) atoms. The van der Waals surface area contributed by atoms with Gasteiger partial charge < -0.3 is 5.11 Å². The molecule has 1 aliphatic rings. The number of nitrogens with zero attached hydrogens (tertiary/aromatic N) is 1. The summed E-state index contributed by atoms with van der Waals surface area (Å²) in [5.41, 5.74) is 0. The third kappa shape index (κ3) is 3.87. The Morgan fingerprint density at radius 2 is 2.07 bits per heavy atom. The molecule has 0 unspecified atom stereocenters. The summed E-state index contributed by atoms with van der Waals surface area (Å²) >= 11 is 0. The average Bonchev–Trinajstić information content (AvgIpc) is 2.69. The molecule has 0 aromatic rings. The minimum absolute atomic E-state index is 0.116. The van der Waals surface area contributed by atoms with Gasteiger partial charge in [0.05, 0.1) is 12.5 Å². The van der Waals surface area contributed by atoms with E-state index < -0.39 is 11.9 Å². The van der Waals surface area contributed by atoms with Gasteiger partial charge in [0.2, 0.25) is 6.41 Å². The van der Waals surface area contributed by atoms with Crippen molar-refractivity contribution >= 4 is 12.4 Å². The number of carboxylic acid groups (broad SMARTS) is 1. The highest BCUT2D eigenvalue weighted by Gasteiger charge is 2.26. The topological polar surface area (TPSA) is 77.8 Å². The van der Waals surface area contributed by atoms with Crippen molar-refractivity contribution in [1.82, 2.24) is 5.06 Å². The largest absolute Gasteiger partial charge is 0.481 e. The van der Waals surface area contributed by atoms with Crippen LogP contribution in [0.3, 0.4) is 0 Å². The molecule has 1 atom stereocenters. The molecule has 0 aromatic carbocycles. The molecule has 0 aromatic heterocycles. The van der Waals surface area contributed by atoms with Crippen LogP contribution in [0.2, 0.25) is 0 Å². The molecule has 0 radical (unpaired) electrons. The lowest BCUT2D eigenvalue weighted by molar-refractivity contribution is -0.159. The maximum atomic E-state index is 10.9. The monoisotopic (exact) mass is 215 g/mol. The molecular formula is C10H17NO4. The molecule has 0 spiro atoms. The van der Waals surface area contributed by atoms with Gasteiger partial charge in [0.15, 0.2) is 0 Å². The van der Waals surface area contributed by atoms with E-state index in [0.717, 1.165) is 25.7 Å². The molecule has 1 amide bonds. The smallest absolute Gasteiger partial charge is 0.308 e. The van der Waals surface area contributed by atoms with Crippen molar-refractivity contribution in [2.45, 2.75) is 32.1 Å². The number of rotatable bonds is 6. The fourth-order valence-corrected chi connectivity index (χ4v) is 2.17. The summed E-state index contributed by atoms with van der Waals surface area (Å²) in [7, 11) is 0. The predicted octanol–water partition coefficient (Wildman–Crippen LogP) is 1.12. The van der Waals surface area contributed by atoms with E-state index in [1.165, 1.54) is 0 Å². The van der Waals surface area contributed by atoms with Crippen molar-refractivity contribution in [3.63, 3.8) is 0 Å². The Morgan fingerprint density at radius 1 is 1.47 bits per heavy atom. The quantitative estimate of drug-likeness (QED) is 0.395. The van der Waals surface area contributed by atoms with Gasteiger partial charge in [0, 0.05) is 0 Å². The van der Waals surface area contributed by atoms with Crippen LogP contribution in [-0.2, 0) is 9.59 Å². The first-order valence-electron chi connectivity index (χ1n) is 5.27. The SMILES string of the molecule is O=CN(O)C[C@H](CC1CCCC1)C(=O)O. The Bertz CT molecular complexity index is 225. The van der Waals surface area contributed by atoms with Gasteiger partial charge in [-0.25, -0.2) is 5.06 Å². The molecule has 5 heteroatoms. The minimum atomic E-state index is -0.942. The molecule has 0 saturated heterocycles. The number of carbonyl (C=O) groups excluding carboxylic acids is 1. The first-order chi connectivity index (χ1) is 7.13. The minimum Gasteiger partial charge on any atom is -0.481 e. The second-order valence-corrected chi connectivity index (χ2v) is 4.15. The maximum Gasteiger partial charge on any atom is 0.308 e. The lowest BCUT2D eigenvalue weighted by Gasteiger charge is -2.19. The molecule has 0 heterocycles. The van der Waals surface area contributed by atoms with Crippen LogP contribution in [0.15, 0.2) is 0 Å². The molecule has 0 aliphatic heterocycles. The van der Waals surface area contributed by atoms with Crippen molar-refractivity contribution in [2.75, 3.05) is 6.54 Å². The Labute approximate surface area is 88.6 Å². The molecule has 5 nitrogen and oxygen atoms in total. The van der Waals surface area contributed by atoms with Crippen LogP contribution in [0.25, 0.3) is 0 Å². The van der Waals surface area contributed by atoms with Gasteiger partial charge in [-0.3, -0.25) is 14.8 Å². The molecular weight excluding hydrogens is 198 g/mol. The fourth-order valence-electron chi connectivity index (χ4n) is 2.17. The Balaban J connectivity index is 2.42. The third-order valence-electron chi connectivity index (χ3n) is 2.97. The lowest BCUT2D eigenvalue weighted by Crippen LogP contribution is -2.31. The first-order valence-corrected chi connectivity index (χ1v) is 5.27. The van der Waals surface area contributed by atoms with E-state index >= 15 is 0 Å². The third-order valence-corrected chi connectivity index (χ3v) is 2.97. The Hall–Kier alpha value is -1.10. The van der Waals surface area contributed by atoms with Gasteiger partial charge >= 0.3 is 5.97 Å². The van der Waals surface area contributed by atoms with Crippen molar-refractivity contribution in [3.8, 4) is 0 Å². The Morgan fingerprint density at radius 3 is 2.53 bits per heavy atom. The summed E-state index contributed by atoms with van der Waals surface area (Å²) in [6, 6.07) is 0.